The van der Waals surface area contributed by atoms with Crippen molar-refractivity contribution < 1.29 is 9.84 Å². The Morgan fingerprint density at radius 1 is 1.42 bits per heavy atom. The summed E-state index contributed by atoms with van der Waals surface area (Å²) in [7, 11) is 0. The second kappa shape index (κ2) is 7.58. The Kier molecular flexibility index (Phi) is 5.76. The predicted molar refractivity (Wildman–Crippen MR) is 74.9 cm³/mol. The molecule has 2 rings (SSSR count). The first kappa shape index (κ1) is 14.4. The van der Waals surface area contributed by atoms with Gasteiger partial charge in [0.05, 0.1) is 24.5 Å². The van der Waals surface area contributed by atoms with E-state index in [1.807, 2.05) is 25.1 Å². The molecule has 0 aromatic carbocycles. The minimum Gasteiger partial charge on any atom is -0.389 e. The number of aliphatic hydroxyl groups is 1. The molecule has 4 heteroatoms. The molecule has 2 N–H and O–H groups in total. The van der Waals surface area contributed by atoms with Crippen LogP contribution >= 0.6 is 0 Å². The van der Waals surface area contributed by atoms with Gasteiger partial charge in [0.2, 0.25) is 0 Å². The van der Waals surface area contributed by atoms with Gasteiger partial charge in [-0.2, -0.15) is 0 Å². The van der Waals surface area contributed by atoms with Crippen LogP contribution in [0.1, 0.15) is 44.3 Å². The Labute approximate surface area is 115 Å². The molecule has 0 amide bonds. The molecule has 0 saturated heterocycles. The van der Waals surface area contributed by atoms with Crippen molar-refractivity contribution in [3.05, 3.63) is 30.1 Å². The molecule has 19 heavy (non-hydrogen) atoms. The van der Waals surface area contributed by atoms with E-state index in [0.717, 1.165) is 18.5 Å². The van der Waals surface area contributed by atoms with Gasteiger partial charge in [0.25, 0.3) is 0 Å². The SMILES string of the molecule is C[C@H](NCC(O)COC1CCCC1)c1ccccn1. The minimum atomic E-state index is -0.452. The lowest BCUT2D eigenvalue weighted by Gasteiger charge is -2.18. The van der Waals surface area contributed by atoms with E-state index in [4.69, 9.17) is 4.74 Å². The monoisotopic (exact) mass is 264 g/mol. The molecule has 1 heterocycles. The fraction of sp³-hybridized carbons (Fsp3) is 0.667. The number of pyridine rings is 1. The summed E-state index contributed by atoms with van der Waals surface area (Å²) >= 11 is 0. The third kappa shape index (κ3) is 4.90. The molecule has 1 aliphatic rings. The Morgan fingerprint density at radius 2 is 2.21 bits per heavy atom. The van der Waals surface area contributed by atoms with E-state index in [0.29, 0.717) is 19.3 Å². The van der Waals surface area contributed by atoms with Crippen LogP contribution in [0.3, 0.4) is 0 Å². The highest BCUT2D eigenvalue weighted by atomic mass is 16.5. The lowest BCUT2D eigenvalue weighted by Crippen LogP contribution is -2.33. The second-order valence-electron chi connectivity index (χ2n) is 5.28. The van der Waals surface area contributed by atoms with E-state index in [9.17, 15) is 5.11 Å². The molecule has 1 fully saturated rings. The number of hydrogen-bond acceptors (Lipinski definition) is 4. The van der Waals surface area contributed by atoms with Crippen LogP contribution in [0.5, 0.6) is 0 Å². The van der Waals surface area contributed by atoms with E-state index >= 15 is 0 Å². The first-order valence-corrected chi connectivity index (χ1v) is 7.19. The molecule has 0 aliphatic heterocycles. The van der Waals surface area contributed by atoms with Crippen molar-refractivity contribution in [2.75, 3.05) is 13.2 Å². The number of hydrogen-bond donors (Lipinski definition) is 2. The van der Waals surface area contributed by atoms with Crippen molar-refractivity contribution in [3.63, 3.8) is 0 Å². The summed E-state index contributed by atoms with van der Waals surface area (Å²) in [4.78, 5) is 4.29. The van der Waals surface area contributed by atoms with Gasteiger partial charge in [-0.1, -0.05) is 18.9 Å². The maximum absolute atomic E-state index is 9.90. The summed E-state index contributed by atoms with van der Waals surface area (Å²) in [5.41, 5.74) is 0.992. The standard InChI is InChI=1S/C15H24N2O2/c1-12(15-8-4-5-9-16-15)17-10-13(18)11-19-14-6-2-3-7-14/h4-5,8-9,12-14,17-18H,2-3,6-7,10-11H2,1H3/t12-,13?/m0/s1. The second-order valence-corrected chi connectivity index (χ2v) is 5.28. The molecule has 1 aromatic rings. The quantitative estimate of drug-likeness (QED) is 0.791. The number of nitrogens with zero attached hydrogens (tertiary/aromatic N) is 1. The van der Waals surface area contributed by atoms with Gasteiger partial charge < -0.3 is 15.2 Å². The third-order valence-corrected chi connectivity index (χ3v) is 3.62. The zero-order valence-corrected chi connectivity index (χ0v) is 11.6. The van der Waals surface area contributed by atoms with Gasteiger partial charge in [-0.05, 0) is 31.9 Å². The van der Waals surface area contributed by atoms with Crippen LogP contribution in [0.25, 0.3) is 0 Å². The zero-order chi connectivity index (χ0) is 13.5. The number of aromatic nitrogens is 1. The van der Waals surface area contributed by atoms with Crippen LogP contribution in [0.4, 0.5) is 0 Å². The molecule has 4 nitrogen and oxygen atoms in total. The molecule has 106 valence electrons. The predicted octanol–water partition coefficient (Wildman–Crippen LogP) is 2.05. The first-order valence-electron chi connectivity index (χ1n) is 7.19. The molecular formula is C15H24N2O2. The molecule has 1 saturated carbocycles. The van der Waals surface area contributed by atoms with E-state index in [1.54, 1.807) is 6.20 Å². The zero-order valence-electron chi connectivity index (χ0n) is 11.6. The molecule has 1 aliphatic carbocycles. The molecule has 1 unspecified atom stereocenters. The van der Waals surface area contributed by atoms with Gasteiger partial charge in [-0.15, -0.1) is 0 Å². The molecule has 2 atom stereocenters. The minimum absolute atomic E-state index is 0.141. The smallest absolute Gasteiger partial charge is 0.0898 e. The number of rotatable bonds is 7. The van der Waals surface area contributed by atoms with Crippen molar-refractivity contribution in [2.24, 2.45) is 0 Å². The van der Waals surface area contributed by atoms with Crippen LogP contribution in [-0.4, -0.2) is 35.5 Å². The normalized spacial score (nSPS) is 19.5. The largest absolute Gasteiger partial charge is 0.389 e. The maximum atomic E-state index is 9.90. The van der Waals surface area contributed by atoms with E-state index in [1.165, 1.54) is 12.8 Å². The fourth-order valence-electron chi connectivity index (χ4n) is 2.41. The molecular weight excluding hydrogens is 240 g/mol. The number of ether oxygens (including phenoxy) is 1. The maximum Gasteiger partial charge on any atom is 0.0898 e. The van der Waals surface area contributed by atoms with E-state index in [-0.39, 0.29) is 6.04 Å². The highest BCUT2D eigenvalue weighted by Crippen LogP contribution is 2.20. The Hall–Kier alpha value is -0.970. The summed E-state index contributed by atoms with van der Waals surface area (Å²) < 4.78 is 5.70. The van der Waals surface area contributed by atoms with Crippen molar-refractivity contribution in [3.8, 4) is 0 Å². The Morgan fingerprint density at radius 3 is 2.89 bits per heavy atom. The van der Waals surface area contributed by atoms with Crippen LogP contribution in [-0.2, 0) is 4.74 Å². The first-order chi connectivity index (χ1) is 9.25. The Balaban J connectivity index is 1.64. The van der Waals surface area contributed by atoms with Crippen LogP contribution < -0.4 is 5.32 Å². The van der Waals surface area contributed by atoms with Gasteiger partial charge in [-0.3, -0.25) is 4.98 Å². The average Bonchev–Trinajstić information content (AvgIpc) is 2.96. The summed E-state index contributed by atoms with van der Waals surface area (Å²) in [5, 5.41) is 13.2. The molecule has 1 aromatic heterocycles. The van der Waals surface area contributed by atoms with Gasteiger partial charge in [0.15, 0.2) is 0 Å². The molecule has 0 spiro atoms. The van der Waals surface area contributed by atoms with Crippen LogP contribution in [0.2, 0.25) is 0 Å². The van der Waals surface area contributed by atoms with Crippen molar-refractivity contribution >= 4 is 0 Å². The van der Waals surface area contributed by atoms with Gasteiger partial charge >= 0.3 is 0 Å². The van der Waals surface area contributed by atoms with Crippen molar-refractivity contribution in [2.45, 2.75) is 50.9 Å². The average molecular weight is 264 g/mol. The highest BCUT2D eigenvalue weighted by molar-refractivity contribution is 5.07. The highest BCUT2D eigenvalue weighted by Gasteiger charge is 2.17. The third-order valence-electron chi connectivity index (χ3n) is 3.62. The number of aliphatic hydroxyl groups excluding tert-OH is 1. The van der Waals surface area contributed by atoms with E-state index in [2.05, 4.69) is 10.3 Å². The van der Waals surface area contributed by atoms with Gasteiger partial charge in [0, 0.05) is 18.8 Å². The fourth-order valence-corrected chi connectivity index (χ4v) is 2.41. The molecule has 0 bridgehead atoms. The van der Waals surface area contributed by atoms with Gasteiger partial charge in [-0.25, -0.2) is 0 Å². The Bertz CT molecular complexity index is 352. The summed E-state index contributed by atoms with van der Waals surface area (Å²) in [6.07, 6.45) is 6.50. The van der Waals surface area contributed by atoms with Crippen LogP contribution in [0.15, 0.2) is 24.4 Å². The molecule has 0 radical (unpaired) electrons. The number of nitrogens with one attached hydrogen (secondary N) is 1. The van der Waals surface area contributed by atoms with Crippen LogP contribution in [0, 0.1) is 0 Å². The van der Waals surface area contributed by atoms with Crippen molar-refractivity contribution in [1.29, 1.82) is 0 Å². The van der Waals surface area contributed by atoms with Gasteiger partial charge in [0.1, 0.15) is 0 Å². The summed E-state index contributed by atoms with van der Waals surface area (Å²) in [6, 6.07) is 6.00. The lowest BCUT2D eigenvalue weighted by atomic mass is 10.2. The summed E-state index contributed by atoms with van der Waals surface area (Å²) in [5.74, 6) is 0. The topological polar surface area (TPSA) is 54.4 Å². The van der Waals surface area contributed by atoms with Crippen molar-refractivity contribution in [1.82, 2.24) is 10.3 Å². The lowest BCUT2D eigenvalue weighted by molar-refractivity contribution is -0.00613. The van der Waals surface area contributed by atoms with E-state index < -0.39 is 6.10 Å². The summed E-state index contributed by atoms with van der Waals surface area (Å²) in [6.45, 7) is 3.00.